The van der Waals surface area contributed by atoms with Crippen LogP contribution in [0.4, 0.5) is 0 Å². The summed E-state index contributed by atoms with van der Waals surface area (Å²) in [5.74, 6) is -1.72. The fourth-order valence-electron chi connectivity index (χ4n) is 4.40. The van der Waals surface area contributed by atoms with Crippen molar-refractivity contribution in [3.63, 3.8) is 0 Å². The molecule has 0 atom stereocenters. The molecular formula is C27H45N2O9+. The van der Waals surface area contributed by atoms with Crippen LogP contribution in [0, 0.1) is 0 Å². The van der Waals surface area contributed by atoms with Crippen molar-refractivity contribution >= 4 is 23.9 Å². The molecule has 1 heterocycles. The molecule has 0 bridgehead atoms. The van der Waals surface area contributed by atoms with Gasteiger partial charge in [-0.25, -0.2) is 9.59 Å². The molecule has 1 fully saturated rings. The molecule has 2 N–H and O–H groups in total. The van der Waals surface area contributed by atoms with Crippen LogP contribution in [0.25, 0.3) is 0 Å². The van der Waals surface area contributed by atoms with E-state index in [0.29, 0.717) is 25.9 Å². The van der Waals surface area contributed by atoms with Crippen LogP contribution in [-0.2, 0) is 33.3 Å². The average Bonchev–Trinajstić information content (AvgIpc) is 2.81. The number of carbonyl (C=O) groups excluding carboxylic acids is 4. The molecule has 0 aromatic heterocycles. The van der Waals surface area contributed by atoms with Crippen LogP contribution in [-0.4, -0.2) is 100 Å². The zero-order valence-corrected chi connectivity index (χ0v) is 23.7. The lowest BCUT2D eigenvalue weighted by Gasteiger charge is -2.53. The summed E-state index contributed by atoms with van der Waals surface area (Å²) in [6.07, 6.45) is 1.54. The van der Waals surface area contributed by atoms with Crippen molar-refractivity contribution in [2.75, 3.05) is 39.5 Å². The van der Waals surface area contributed by atoms with Gasteiger partial charge in [0.05, 0.1) is 6.42 Å². The fourth-order valence-corrected chi connectivity index (χ4v) is 4.40. The zero-order chi connectivity index (χ0) is 29.1. The quantitative estimate of drug-likeness (QED) is 0.108. The number of piperidine rings is 1. The van der Waals surface area contributed by atoms with Crippen LogP contribution < -0.4 is 0 Å². The van der Waals surface area contributed by atoms with E-state index < -0.39 is 29.0 Å². The molecule has 0 aromatic carbocycles. The molecule has 0 radical (unpaired) electrons. The van der Waals surface area contributed by atoms with Crippen molar-refractivity contribution < 1.29 is 43.3 Å². The largest absolute Gasteiger partial charge is 0.484 e. The Hall–Kier alpha value is -2.76. The SMILES string of the molecule is C=C(C)C(=O)OCCOC(=O)CCN(CCC(=[OH+])OCCOC(=O)C(=C)C)C1CC(C)(C)N(O)C(C)(C)C1. The van der Waals surface area contributed by atoms with Crippen molar-refractivity contribution in [2.45, 2.75) is 84.3 Å². The standard InChI is InChI=1S/C27H44N2O9/c1-19(2)24(32)37-15-13-35-22(30)9-11-28(21-17-26(5,6)29(34)27(7,8)18-21)12-10-23(31)36-14-16-38-25(33)20(3)4/h21,34H,1,3,9-18H2,2,4-8H3/p+1. The summed E-state index contributed by atoms with van der Waals surface area (Å²) in [7, 11) is 0. The maximum Gasteiger partial charge on any atom is 0.484 e. The number of nitrogens with zero attached hydrogens (tertiary/aromatic N) is 2. The van der Waals surface area contributed by atoms with Crippen molar-refractivity contribution in [2.24, 2.45) is 0 Å². The van der Waals surface area contributed by atoms with Gasteiger partial charge >= 0.3 is 23.9 Å². The monoisotopic (exact) mass is 541 g/mol. The Balaban J connectivity index is 2.70. The normalized spacial score (nSPS) is 16.9. The molecule has 11 nitrogen and oxygen atoms in total. The summed E-state index contributed by atoms with van der Waals surface area (Å²) in [6.45, 7) is 18.5. The minimum atomic E-state index is -0.542. The summed E-state index contributed by atoms with van der Waals surface area (Å²) >= 11 is 0. The van der Waals surface area contributed by atoms with Gasteiger partial charge in [0.15, 0.2) is 6.61 Å². The molecule has 1 aliphatic heterocycles. The maximum atomic E-state index is 12.3. The molecular weight excluding hydrogens is 496 g/mol. The Morgan fingerprint density at radius 2 is 1.26 bits per heavy atom. The van der Waals surface area contributed by atoms with E-state index in [4.69, 9.17) is 18.9 Å². The molecule has 0 saturated carbocycles. The first-order chi connectivity index (χ1) is 17.6. The number of esters is 4. The van der Waals surface area contributed by atoms with Gasteiger partial charge in [-0.3, -0.25) is 9.69 Å². The van der Waals surface area contributed by atoms with E-state index in [2.05, 4.69) is 18.1 Å². The molecule has 1 saturated heterocycles. The van der Waals surface area contributed by atoms with Gasteiger partial charge in [0.2, 0.25) is 6.61 Å². The number of ether oxygens (including phenoxy) is 4. The van der Waals surface area contributed by atoms with Gasteiger partial charge in [-0.2, -0.15) is 5.06 Å². The second-order valence-electron chi connectivity index (χ2n) is 10.8. The predicted octanol–water partition coefficient (Wildman–Crippen LogP) is 2.78. The molecule has 0 spiro atoms. The second kappa shape index (κ2) is 15.0. The van der Waals surface area contributed by atoms with Crippen molar-refractivity contribution in [1.29, 1.82) is 0 Å². The summed E-state index contributed by atoms with van der Waals surface area (Å²) < 4.78 is 20.4. The van der Waals surface area contributed by atoms with Crippen LogP contribution in [0.3, 0.4) is 0 Å². The lowest BCUT2D eigenvalue weighted by molar-refractivity contribution is -0.252. The van der Waals surface area contributed by atoms with E-state index in [-0.39, 0.29) is 62.4 Å². The third-order valence-electron chi connectivity index (χ3n) is 6.21. The Bertz CT molecular complexity index is 814. The highest BCUT2D eigenvalue weighted by atomic mass is 16.6. The van der Waals surface area contributed by atoms with E-state index >= 15 is 0 Å². The van der Waals surface area contributed by atoms with Crippen molar-refractivity contribution in [1.82, 2.24) is 9.96 Å². The van der Waals surface area contributed by atoms with E-state index in [0.717, 1.165) is 0 Å². The number of hydrogen-bond donors (Lipinski definition) is 1. The molecule has 216 valence electrons. The fraction of sp³-hybridized carbons (Fsp3) is 0.704. The third kappa shape index (κ3) is 11.3. The maximum absolute atomic E-state index is 12.3. The van der Waals surface area contributed by atoms with Gasteiger partial charge in [-0.05, 0) is 54.4 Å². The smallest absolute Gasteiger partial charge is 0.462 e. The highest BCUT2D eigenvalue weighted by Gasteiger charge is 2.46. The van der Waals surface area contributed by atoms with Gasteiger partial charge < -0.3 is 28.9 Å². The highest BCUT2D eigenvalue weighted by molar-refractivity contribution is 5.87. The summed E-state index contributed by atoms with van der Waals surface area (Å²) in [6, 6.07) is 0.0112. The number of rotatable bonds is 15. The van der Waals surface area contributed by atoms with Gasteiger partial charge in [-0.1, -0.05) is 13.2 Å². The van der Waals surface area contributed by atoms with E-state index in [1.54, 1.807) is 6.92 Å². The predicted molar refractivity (Wildman–Crippen MR) is 141 cm³/mol. The Labute approximate surface area is 225 Å². The summed E-state index contributed by atoms with van der Waals surface area (Å²) in [5.41, 5.74) is -0.467. The topological polar surface area (TPSA) is 136 Å². The third-order valence-corrected chi connectivity index (χ3v) is 6.21. The average molecular weight is 542 g/mol. The Kier molecular flexibility index (Phi) is 13.1. The number of hydrogen-bond acceptors (Lipinski definition) is 10. The van der Waals surface area contributed by atoms with Gasteiger partial charge in [0, 0.05) is 41.4 Å². The highest BCUT2D eigenvalue weighted by Crippen LogP contribution is 2.38. The molecule has 0 aliphatic carbocycles. The zero-order valence-electron chi connectivity index (χ0n) is 23.7. The van der Waals surface area contributed by atoms with Crippen LogP contribution in [0.5, 0.6) is 0 Å². The molecule has 0 unspecified atom stereocenters. The van der Waals surface area contributed by atoms with Crippen molar-refractivity contribution in [3.05, 3.63) is 24.3 Å². The minimum absolute atomic E-state index is 0.00387. The Morgan fingerprint density at radius 1 is 0.842 bits per heavy atom. The molecule has 0 aromatic rings. The first-order valence-corrected chi connectivity index (χ1v) is 12.8. The summed E-state index contributed by atoms with van der Waals surface area (Å²) in [5, 5.41) is 12.1. The molecule has 38 heavy (non-hydrogen) atoms. The van der Waals surface area contributed by atoms with Crippen molar-refractivity contribution in [3.8, 4) is 0 Å². The first-order valence-electron chi connectivity index (χ1n) is 12.8. The van der Waals surface area contributed by atoms with Crippen LogP contribution in [0.1, 0.15) is 67.2 Å². The number of hydroxylamine groups is 2. The molecule has 1 aliphatic rings. The first kappa shape index (κ1) is 33.3. The molecule has 1 rings (SSSR count). The van der Waals surface area contributed by atoms with Crippen LogP contribution >= 0.6 is 0 Å². The van der Waals surface area contributed by atoms with E-state index in [1.165, 1.54) is 12.0 Å². The Morgan fingerprint density at radius 3 is 1.74 bits per heavy atom. The summed E-state index contributed by atoms with van der Waals surface area (Å²) in [4.78, 5) is 47.5. The van der Waals surface area contributed by atoms with Crippen LogP contribution in [0.2, 0.25) is 0 Å². The van der Waals surface area contributed by atoms with Crippen LogP contribution in [0.15, 0.2) is 24.3 Å². The molecule has 11 heteroatoms. The van der Waals surface area contributed by atoms with Gasteiger partial charge in [0.1, 0.15) is 19.6 Å². The lowest BCUT2D eigenvalue weighted by atomic mass is 9.78. The van der Waals surface area contributed by atoms with Gasteiger partial charge in [-0.15, -0.1) is 0 Å². The lowest BCUT2D eigenvalue weighted by Crippen LogP contribution is -2.63. The van der Waals surface area contributed by atoms with E-state index in [9.17, 15) is 24.4 Å². The minimum Gasteiger partial charge on any atom is -0.462 e. The molecule has 0 amide bonds. The van der Waals surface area contributed by atoms with Gasteiger partial charge in [0.25, 0.3) is 0 Å². The van der Waals surface area contributed by atoms with E-state index in [1.807, 2.05) is 27.7 Å². The second-order valence-corrected chi connectivity index (χ2v) is 10.8. The number of carbonyl (C=O) groups is 3.